The van der Waals surface area contributed by atoms with Gasteiger partial charge in [-0.25, -0.2) is 9.42 Å². The Labute approximate surface area is 119 Å². The molecule has 2 rings (SSSR count). The Kier molecular flexibility index (Phi) is 4.50. The van der Waals surface area contributed by atoms with Gasteiger partial charge in [-0.2, -0.15) is 0 Å². The van der Waals surface area contributed by atoms with Crippen LogP contribution in [-0.2, 0) is 11.2 Å². The van der Waals surface area contributed by atoms with Crippen LogP contribution in [0, 0.1) is 0 Å². The Balaban J connectivity index is 1.98. The van der Waals surface area contributed by atoms with Gasteiger partial charge >= 0.3 is 5.97 Å². The second kappa shape index (κ2) is 6.51. The molecule has 0 saturated heterocycles. The van der Waals surface area contributed by atoms with Gasteiger partial charge in [0.05, 0.1) is 0 Å². The molecule has 2 aromatic rings. The Morgan fingerprint density at radius 1 is 1.29 bits per heavy atom. The maximum atomic E-state index is 11.8. The summed E-state index contributed by atoms with van der Waals surface area (Å²) in [7, 11) is 0. The molecule has 110 valence electrons. The first-order valence-corrected chi connectivity index (χ1v) is 6.23. The lowest BCUT2D eigenvalue weighted by atomic mass is 10.1. The number of hydrogen-bond acceptors (Lipinski definition) is 6. The van der Waals surface area contributed by atoms with Crippen molar-refractivity contribution < 1.29 is 19.3 Å². The summed E-state index contributed by atoms with van der Waals surface area (Å²) in [6, 6.07) is 8.34. The lowest BCUT2D eigenvalue weighted by molar-refractivity contribution is -0.139. The molecule has 0 aliphatic heterocycles. The molecule has 1 aromatic heterocycles. The minimum absolute atomic E-state index is 0.181. The van der Waals surface area contributed by atoms with Crippen molar-refractivity contribution in [2.45, 2.75) is 18.9 Å². The van der Waals surface area contributed by atoms with Crippen molar-refractivity contribution in [3.05, 3.63) is 41.6 Å². The van der Waals surface area contributed by atoms with Crippen LogP contribution >= 0.6 is 0 Å². The average Bonchev–Trinajstić information content (AvgIpc) is 2.90. The van der Waals surface area contributed by atoms with Gasteiger partial charge in [0.1, 0.15) is 6.04 Å². The Morgan fingerprint density at radius 3 is 2.57 bits per heavy atom. The zero-order chi connectivity index (χ0) is 15.2. The van der Waals surface area contributed by atoms with Crippen molar-refractivity contribution in [1.82, 2.24) is 15.6 Å². The highest BCUT2D eigenvalue weighted by atomic mass is 16.6. The zero-order valence-electron chi connectivity index (χ0n) is 11.0. The molecule has 8 nitrogen and oxygen atoms in total. The van der Waals surface area contributed by atoms with Crippen molar-refractivity contribution in [2.24, 2.45) is 0 Å². The minimum atomic E-state index is -1.13. The number of nitrogen functional groups attached to an aromatic ring is 1. The number of aliphatic carboxylic acids is 1. The predicted molar refractivity (Wildman–Crippen MR) is 72.4 cm³/mol. The number of nitrogens with zero attached hydrogens (tertiary/aromatic N) is 2. The minimum Gasteiger partial charge on any atom is -0.480 e. The van der Waals surface area contributed by atoms with E-state index in [1.165, 1.54) is 0 Å². The summed E-state index contributed by atoms with van der Waals surface area (Å²) in [4.78, 5) is 23.0. The number of nitrogens with one attached hydrogen (secondary N) is 1. The summed E-state index contributed by atoms with van der Waals surface area (Å²) >= 11 is 0. The molecule has 1 amide bonds. The van der Waals surface area contributed by atoms with E-state index >= 15 is 0 Å². The van der Waals surface area contributed by atoms with E-state index in [1.54, 1.807) is 0 Å². The molecular weight excluding hydrogens is 276 g/mol. The molecule has 0 bridgehead atoms. The van der Waals surface area contributed by atoms with Gasteiger partial charge in [0, 0.05) is 0 Å². The Hall–Kier alpha value is -2.90. The number of aryl methyl sites for hydroxylation is 1. The Bertz CT molecular complexity index is 626. The monoisotopic (exact) mass is 290 g/mol. The lowest BCUT2D eigenvalue weighted by Gasteiger charge is -2.13. The van der Waals surface area contributed by atoms with Crippen molar-refractivity contribution in [1.29, 1.82) is 0 Å². The number of aromatic nitrogens is 2. The van der Waals surface area contributed by atoms with Crippen molar-refractivity contribution >= 4 is 17.7 Å². The van der Waals surface area contributed by atoms with E-state index in [0.29, 0.717) is 6.42 Å². The molecule has 1 atom stereocenters. The maximum absolute atomic E-state index is 11.8. The predicted octanol–water partition coefficient (Wildman–Crippen LogP) is 0.468. The van der Waals surface area contributed by atoms with E-state index < -0.39 is 17.9 Å². The van der Waals surface area contributed by atoms with E-state index in [9.17, 15) is 9.59 Å². The third kappa shape index (κ3) is 3.78. The van der Waals surface area contributed by atoms with Gasteiger partial charge in [-0.05, 0) is 28.7 Å². The van der Waals surface area contributed by atoms with Crippen LogP contribution in [0.2, 0.25) is 0 Å². The number of amides is 1. The van der Waals surface area contributed by atoms with Crippen LogP contribution < -0.4 is 11.1 Å². The van der Waals surface area contributed by atoms with Crippen LogP contribution in [-0.4, -0.2) is 33.3 Å². The summed E-state index contributed by atoms with van der Waals surface area (Å²) in [6.45, 7) is 0. The van der Waals surface area contributed by atoms with Crippen LogP contribution in [0.15, 0.2) is 35.0 Å². The lowest BCUT2D eigenvalue weighted by Crippen LogP contribution is -2.41. The molecule has 4 N–H and O–H groups in total. The normalized spacial score (nSPS) is 11.8. The van der Waals surface area contributed by atoms with Crippen LogP contribution in [0.25, 0.3) is 0 Å². The third-order valence-electron chi connectivity index (χ3n) is 2.90. The topological polar surface area (TPSA) is 131 Å². The van der Waals surface area contributed by atoms with Gasteiger partial charge in [-0.1, -0.05) is 30.3 Å². The standard InChI is InChI=1S/C13H14N4O4/c14-11-10(16-21-17-11)12(18)15-9(13(19)20)7-6-8-4-2-1-3-5-8/h1-5,9H,6-7H2,(H2,14,17)(H,15,18)(H,19,20). The van der Waals surface area contributed by atoms with Gasteiger partial charge in [0.25, 0.3) is 5.91 Å². The molecule has 0 radical (unpaired) electrons. The molecule has 0 fully saturated rings. The van der Waals surface area contributed by atoms with Crippen LogP contribution in [0.4, 0.5) is 5.82 Å². The largest absolute Gasteiger partial charge is 0.480 e. The number of carbonyl (C=O) groups is 2. The SMILES string of the molecule is Nc1nonc1C(=O)NC(CCc1ccccc1)C(=O)O. The molecule has 0 aliphatic carbocycles. The number of carboxylic acids is 1. The summed E-state index contributed by atoms with van der Waals surface area (Å²) in [6.07, 6.45) is 0.765. The molecule has 0 aliphatic rings. The summed E-state index contributed by atoms with van der Waals surface area (Å²) in [5, 5.41) is 18.1. The van der Waals surface area contributed by atoms with Crippen LogP contribution in [0.3, 0.4) is 0 Å². The fourth-order valence-corrected chi connectivity index (χ4v) is 1.79. The first-order chi connectivity index (χ1) is 10.1. The van der Waals surface area contributed by atoms with E-state index in [4.69, 9.17) is 10.8 Å². The fourth-order valence-electron chi connectivity index (χ4n) is 1.79. The fraction of sp³-hybridized carbons (Fsp3) is 0.231. The number of hydrogen-bond donors (Lipinski definition) is 3. The van der Waals surface area contributed by atoms with Gasteiger partial charge < -0.3 is 16.2 Å². The smallest absolute Gasteiger partial charge is 0.326 e. The highest BCUT2D eigenvalue weighted by Crippen LogP contribution is 2.08. The molecular formula is C13H14N4O4. The number of anilines is 1. The van der Waals surface area contributed by atoms with E-state index in [2.05, 4.69) is 20.3 Å². The van der Waals surface area contributed by atoms with Gasteiger partial charge in [-0.3, -0.25) is 4.79 Å². The molecule has 0 spiro atoms. The van der Waals surface area contributed by atoms with E-state index in [-0.39, 0.29) is 17.9 Å². The van der Waals surface area contributed by atoms with Crippen molar-refractivity contribution in [3.8, 4) is 0 Å². The third-order valence-corrected chi connectivity index (χ3v) is 2.90. The molecule has 21 heavy (non-hydrogen) atoms. The van der Waals surface area contributed by atoms with Crippen LogP contribution in [0.1, 0.15) is 22.5 Å². The average molecular weight is 290 g/mol. The van der Waals surface area contributed by atoms with E-state index in [0.717, 1.165) is 5.56 Å². The maximum Gasteiger partial charge on any atom is 0.326 e. The highest BCUT2D eigenvalue weighted by molar-refractivity contribution is 5.98. The first kappa shape index (κ1) is 14.5. The van der Waals surface area contributed by atoms with Gasteiger partial charge in [0.15, 0.2) is 0 Å². The van der Waals surface area contributed by atoms with Crippen LogP contribution in [0.5, 0.6) is 0 Å². The first-order valence-electron chi connectivity index (χ1n) is 6.23. The van der Waals surface area contributed by atoms with Crippen molar-refractivity contribution in [3.63, 3.8) is 0 Å². The molecule has 8 heteroatoms. The molecule has 1 unspecified atom stereocenters. The molecule has 1 aromatic carbocycles. The van der Waals surface area contributed by atoms with E-state index in [1.807, 2.05) is 30.3 Å². The quantitative estimate of drug-likeness (QED) is 0.704. The van der Waals surface area contributed by atoms with Gasteiger partial charge in [0.2, 0.25) is 11.5 Å². The number of benzene rings is 1. The van der Waals surface area contributed by atoms with Crippen molar-refractivity contribution in [2.75, 3.05) is 5.73 Å². The second-order valence-corrected chi connectivity index (χ2v) is 4.39. The number of carboxylic acid groups (broad SMARTS) is 1. The number of carbonyl (C=O) groups excluding carboxylic acids is 1. The summed E-state index contributed by atoms with van der Waals surface area (Å²) < 4.78 is 4.30. The Morgan fingerprint density at radius 2 is 2.00 bits per heavy atom. The zero-order valence-corrected chi connectivity index (χ0v) is 11.0. The number of rotatable bonds is 6. The highest BCUT2D eigenvalue weighted by Gasteiger charge is 2.24. The second-order valence-electron chi connectivity index (χ2n) is 4.39. The molecule has 1 heterocycles. The summed E-state index contributed by atoms with van der Waals surface area (Å²) in [5.74, 6) is -2.04. The van der Waals surface area contributed by atoms with Gasteiger partial charge in [-0.15, -0.1) is 0 Å². The summed E-state index contributed by atoms with van der Waals surface area (Å²) in [5.41, 5.74) is 6.15. The molecule has 0 saturated carbocycles. The number of nitrogens with two attached hydrogens (primary N) is 1.